The minimum atomic E-state index is -3.09. The summed E-state index contributed by atoms with van der Waals surface area (Å²) >= 11 is 0. The highest BCUT2D eigenvalue weighted by Gasteiger charge is 2.31. The number of benzene rings is 1. The predicted molar refractivity (Wildman–Crippen MR) is 83.9 cm³/mol. The molecule has 0 spiro atoms. The molecule has 3 nitrogen and oxygen atoms in total. The van der Waals surface area contributed by atoms with Gasteiger partial charge in [-0.1, -0.05) is 26.7 Å². The van der Waals surface area contributed by atoms with Crippen LogP contribution in [0.5, 0.6) is 0 Å². The van der Waals surface area contributed by atoms with Crippen LogP contribution in [0.2, 0.25) is 0 Å². The van der Waals surface area contributed by atoms with Crippen LogP contribution in [0.1, 0.15) is 46.0 Å². The molecule has 1 fully saturated rings. The molecular formula is C16H25NO2S. The van der Waals surface area contributed by atoms with Gasteiger partial charge < -0.3 is 5.32 Å². The third-order valence-electron chi connectivity index (χ3n) is 4.68. The SMILES string of the molecule is CCC1(CNc2ccc(S(=O)(=O)CC)cc2)CCCC1. The topological polar surface area (TPSA) is 46.2 Å². The van der Waals surface area contributed by atoms with Crippen molar-refractivity contribution >= 4 is 15.5 Å². The van der Waals surface area contributed by atoms with Crippen molar-refractivity contribution in [1.29, 1.82) is 0 Å². The normalized spacial score (nSPS) is 18.1. The van der Waals surface area contributed by atoms with E-state index in [1.807, 2.05) is 12.1 Å². The summed E-state index contributed by atoms with van der Waals surface area (Å²) in [5.74, 6) is 0.152. The standard InChI is InChI=1S/C16H25NO2S/c1-3-16(11-5-6-12-16)13-17-14-7-9-15(10-8-14)20(18,19)4-2/h7-10,17H,3-6,11-13H2,1-2H3. The van der Waals surface area contributed by atoms with E-state index in [4.69, 9.17) is 0 Å². The van der Waals surface area contributed by atoms with Gasteiger partial charge in [-0.05, 0) is 48.9 Å². The van der Waals surface area contributed by atoms with E-state index < -0.39 is 9.84 Å². The van der Waals surface area contributed by atoms with Crippen LogP contribution in [0.4, 0.5) is 5.69 Å². The van der Waals surface area contributed by atoms with Gasteiger partial charge in [0.2, 0.25) is 0 Å². The molecule has 112 valence electrons. The molecule has 0 aromatic heterocycles. The van der Waals surface area contributed by atoms with Gasteiger partial charge in [-0.3, -0.25) is 0 Å². The molecule has 0 heterocycles. The highest BCUT2D eigenvalue weighted by molar-refractivity contribution is 7.91. The Morgan fingerprint density at radius 2 is 1.70 bits per heavy atom. The molecule has 0 saturated heterocycles. The van der Waals surface area contributed by atoms with E-state index in [2.05, 4.69) is 12.2 Å². The molecule has 2 rings (SSSR count). The maximum Gasteiger partial charge on any atom is 0.178 e. The summed E-state index contributed by atoms with van der Waals surface area (Å²) in [6, 6.07) is 7.16. The molecular weight excluding hydrogens is 270 g/mol. The molecule has 20 heavy (non-hydrogen) atoms. The zero-order valence-corrected chi connectivity index (χ0v) is 13.3. The highest BCUT2D eigenvalue weighted by atomic mass is 32.2. The first-order valence-electron chi connectivity index (χ1n) is 7.58. The summed E-state index contributed by atoms with van der Waals surface area (Å²) in [7, 11) is -3.09. The summed E-state index contributed by atoms with van der Waals surface area (Å²) in [6.07, 6.45) is 6.49. The first-order chi connectivity index (χ1) is 9.51. The van der Waals surface area contributed by atoms with Crippen LogP contribution in [-0.2, 0) is 9.84 Å². The third kappa shape index (κ3) is 3.35. The van der Waals surface area contributed by atoms with Gasteiger partial charge in [0.25, 0.3) is 0 Å². The van der Waals surface area contributed by atoms with E-state index in [-0.39, 0.29) is 5.75 Å². The quantitative estimate of drug-likeness (QED) is 0.866. The molecule has 0 unspecified atom stereocenters. The van der Waals surface area contributed by atoms with Crippen molar-refractivity contribution in [2.45, 2.75) is 50.8 Å². The van der Waals surface area contributed by atoms with Gasteiger partial charge in [0.15, 0.2) is 9.84 Å². The zero-order valence-electron chi connectivity index (χ0n) is 12.5. The van der Waals surface area contributed by atoms with Gasteiger partial charge in [0.1, 0.15) is 0 Å². The van der Waals surface area contributed by atoms with Gasteiger partial charge in [0, 0.05) is 12.2 Å². The van der Waals surface area contributed by atoms with E-state index in [1.165, 1.54) is 32.1 Å². The Kier molecular flexibility index (Phi) is 4.74. The maximum atomic E-state index is 11.8. The smallest absolute Gasteiger partial charge is 0.178 e. The Morgan fingerprint density at radius 1 is 1.10 bits per heavy atom. The summed E-state index contributed by atoms with van der Waals surface area (Å²) in [6.45, 7) is 4.93. The van der Waals surface area contributed by atoms with Crippen LogP contribution < -0.4 is 5.32 Å². The molecule has 1 saturated carbocycles. The summed E-state index contributed by atoms with van der Waals surface area (Å²) in [5, 5.41) is 3.48. The number of rotatable bonds is 6. The second-order valence-corrected chi connectivity index (χ2v) is 8.12. The maximum absolute atomic E-state index is 11.8. The van der Waals surface area contributed by atoms with Crippen molar-refractivity contribution in [2.24, 2.45) is 5.41 Å². The highest BCUT2D eigenvalue weighted by Crippen LogP contribution is 2.40. The van der Waals surface area contributed by atoms with Crippen molar-refractivity contribution in [2.75, 3.05) is 17.6 Å². The number of anilines is 1. The van der Waals surface area contributed by atoms with Crippen molar-refractivity contribution in [1.82, 2.24) is 0 Å². The van der Waals surface area contributed by atoms with Crippen LogP contribution in [-0.4, -0.2) is 20.7 Å². The number of sulfone groups is 1. The van der Waals surface area contributed by atoms with Crippen molar-refractivity contribution in [3.8, 4) is 0 Å². The molecule has 4 heteroatoms. The fourth-order valence-corrected chi connectivity index (χ4v) is 3.90. The minimum absolute atomic E-state index is 0.152. The fraction of sp³-hybridized carbons (Fsp3) is 0.625. The van der Waals surface area contributed by atoms with Gasteiger partial charge in [0.05, 0.1) is 10.6 Å². The monoisotopic (exact) mass is 295 g/mol. The largest absolute Gasteiger partial charge is 0.384 e. The van der Waals surface area contributed by atoms with E-state index in [0.29, 0.717) is 10.3 Å². The molecule has 1 aromatic carbocycles. The number of nitrogens with one attached hydrogen (secondary N) is 1. The summed E-state index contributed by atoms with van der Waals surface area (Å²) in [5.41, 5.74) is 1.45. The third-order valence-corrected chi connectivity index (χ3v) is 6.43. The Labute approximate surface area is 122 Å². The molecule has 0 amide bonds. The minimum Gasteiger partial charge on any atom is -0.384 e. The van der Waals surface area contributed by atoms with Crippen LogP contribution in [0, 0.1) is 5.41 Å². The molecule has 0 atom stereocenters. The predicted octanol–water partition coefficient (Wildman–Crippen LogP) is 3.86. The lowest BCUT2D eigenvalue weighted by atomic mass is 9.83. The molecule has 1 aromatic rings. The average Bonchev–Trinajstić information content (AvgIpc) is 2.95. The molecule has 0 radical (unpaired) electrons. The second-order valence-electron chi connectivity index (χ2n) is 5.84. The molecule has 0 bridgehead atoms. The Balaban J connectivity index is 2.01. The molecule has 0 aliphatic heterocycles. The van der Waals surface area contributed by atoms with Gasteiger partial charge in [-0.2, -0.15) is 0 Å². The van der Waals surface area contributed by atoms with Crippen molar-refractivity contribution in [3.05, 3.63) is 24.3 Å². The van der Waals surface area contributed by atoms with Crippen molar-refractivity contribution < 1.29 is 8.42 Å². The second kappa shape index (κ2) is 6.17. The first-order valence-corrected chi connectivity index (χ1v) is 9.23. The van der Waals surface area contributed by atoms with Crippen LogP contribution in [0.15, 0.2) is 29.2 Å². The molecule has 1 aliphatic rings. The lowest BCUT2D eigenvalue weighted by Crippen LogP contribution is -2.25. The van der Waals surface area contributed by atoms with Crippen LogP contribution in [0.25, 0.3) is 0 Å². The van der Waals surface area contributed by atoms with Crippen LogP contribution in [0.3, 0.4) is 0 Å². The molecule has 1 N–H and O–H groups in total. The Morgan fingerprint density at radius 3 is 2.20 bits per heavy atom. The lowest BCUT2D eigenvalue weighted by molar-refractivity contribution is 0.307. The Bertz CT molecular complexity index is 528. The summed E-state index contributed by atoms with van der Waals surface area (Å²) in [4.78, 5) is 0.414. The van der Waals surface area contributed by atoms with E-state index >= 15 is 0 Å². The van der Waals surface area contributed by atoms with Crippen molar-refractivity contribution in [3.63, 3.8) is 0 Å². The zero-order chi connectivity index (χ0) is 14.6. The van der Waals surface area contributed by atoms with E-state index in [1.54, 1.807) is 19.1 Å². The van der Waals surface area contributed by atoms with Crippen LogP contribution >= 0.6 is 0 Å². The molecule has 1 aliphatic carbocycles. The Hall–Kier alpha value is -1.03. The average molecular weight is 295 g/mol. The summed E-state index contributed by atoms with van der Waals surface area (Å²) < 4.78 is 23.5. The first kappa shape index (κ1) is 15.4. The lowest BCUT2D eigenvalue weighted by Gasteiger charge is -2.28. The number of hydrogen-bond donors (Lipinski definition) is 1. The van der Waals surface area contributed by atoms with E-state index in [0.717, 1.165) is 12.2 Å². The van der Waals surface area contributed by atoms with Gasteiger partial charge in [-0.15, -0.1) is 0 Å². The van der Waals surface area contributed by atoms with Gasteiger partial charge in [-0.25, -0.2) is 8.42 Å². The van der Waals surface area contributed by atoms with Gasteiger partial charge >= 0.3 is 0 Å². The fourth-order valence-electron chi connectivity index (χ4n) is 3.02. The van der Waals surface area contributed by atoms with E-state index in [9.17, 15) is 8.42 Å². The number of hydrogen-bond acceptors (Lipinski definition) is 3.